The van der Waals surface area contributed by atoms with E-state index in [1.807, 2.05) is 0 Å². The molecule has 0 aliphatic carbocycles. The molecule has 0 spiro atoms. The third kappa shape index (κ3) is 3.49. The number of anilines is 1. The van der Waals surface area contributed by atoms with Gasteiger partial charge in [0.05, 0.1) is 23.9 Å². The summed E-state index contributed by atoms with van der Waals surface area (Å²) in [5.41, 5.74) is 0.331. The van der Waals surface area contributed by atoms with Gasteiger partial charge in [-0.15, -0.1) is 11.3 Å². The number of hydrogen-bond acceptors (Lipinski definition) is 4. The summed E-state index contributed by atoms with van der Waals surface area (Å²) in [4.78, 5) is 4.83. The number of hydrogen-bond donors (Lipinski definition) is 1. The smallest absolute Gasteiger partial charge is 0.189 e. The summed E-state index contributed by atoms with van der Waals surface area (Å²) in [7, 11) is 0. The number of rotatable bonds is 5. The molecule has 19 heavy (non-hydrogen) atoms. The van der Waals surface area contributed by atoms with Crippen molar-refractivity contribution >= 4 is 40.2 Å². The van der Waals surface area contributed by atoms with E-state index in [0.29, 0.717) is 23.3 Å². The van der Waals surface area contributed by atoms with Gasteiger partial charge in [0.15, 0.2) is 16.0 Å². The maximum Gasteiger partial charge on any atom is 0.189 e. The molecule has 1 N–H and O–H groups in total. The number of ether oxygens (including phenoxy) is 1. The molecule has 0 saturated heterocycles. The summed E-state index contributed by atoms with van der Waals surface area (Å²) < 4.78 is 19.8. The first-order valence-electron chi connectivity index (χ1n) is 5.56. The minimum atomic E-state index is -0.495. The van der Waals surface area contributed by atoms with Crippen molar-refractivity contribution in [1.82, 2.24) is 4.98 Å². The third-order valence-electron chi connectivity index (χ3n) is 2.32. The number of nitrogens with one attached hydrogen (secondary N) is 1. The fraction of sp³-hybridized carbons (Fsp3) is 0.250. The van der Waals surface area contributed by atoms with Crippen LogP contribution in [-0.2, 0) is 6.54 Å². The van der Waals surface area contributed by atoms with E-state index in [2.05, 4.69) is 10.3 Å². The average Bonchev–Trinajstić information content (AvgIpc) is 2.79. The Kier molecular flexibility index (Phi) is 4.85. The molecule has 2 aromatic rings. The standard InChI is InChI=1S/C12H11Cl2FN2OS/c1-2-18-11-8(13)3-4-9(10(11)15)16-5-7-6-17-12(14)19-7/h3-4,6,16H,2,5H2,1H3. The van der Waals surface area contributed by atoms with E-state index in [1.165, 1.54) is 11.3 Å². The van der Waals surface area contributed by atoms with Gasteiger partial charge in [-0.2, -0.15) is 0 Å². The van der Waals surface area contributed by atoms with Crippen molar-refractivity contribution in [3.63, 3.8) is 0 Å². The highest BCUT2D eigenvalue weighted by molar-refractivity contribution is 7.15. The molecule has 3 nitrogen and oxygen atoms in total. The molecular weight excluding hydrogens is 310 g/mol. The Morgan fingerprint density at radius 3 is 2.84 bits per heavy atom. The Morgan fingerprint density at radius 1 is 1.42 bits per heavy atom. The molecule has 1 aromatic heterocycles. The van der Waals surface area contributed by atoms with E-state index < -0.39 is 5.82 Å². The predicted molar refractivity (Wildman–Crippen MR) is 77.0 cm³/mol. The largest absolute Gasteiger partial charge is 0.489 e. The van der Waals surface area contributed by atoms with Gasteiger partial charge in [0.25, 0.3) is 0 Å². The Hall–Kier alpha value is -1.04. The van der Waals surface area contributed by atoms with E-state index >= 15 is 0 Å². The Morgan fingerprint density at radius 2 is 2.21 bits per heavy atom. The van der Waals surface area contributed by atoms with E-state index in [-0.39, 0.29) is 10.8 Å². The summed E-state index contributed by atoms with van der Waals surface area (Å²) in [5, 5.41) is 3.22. The van der Waals surface area contributed by atoms with E-state index in [9.17, 15) is 4.39 Å². The van der Waals surface area contributed by atoms with Crippen LogP contribution in [-0.4, -0.2) is 11.6 Å². The highest BCUT2D eigenvalue weighted by Crippen LogP contribution is 2.33. The van der Waals surface area contributed by atoms with Crippen molar-refractivity contribution in [2.45, 2.75) is 13.5 Å². The lowest BCUT2D eigenvalue weighted by atomic mass is 10.2. The Bertz CT molecular complexity index is 577. The zero-order valence-electron chi connectivity index (χ0n) is 10.0. The SMILES string of the molecule is CCOc1c(Cl)ccc(NCc2cnc(Cl)s2)c1F. The molecule has 0 unspecified atom stereocenters. The summed E-state index contributed by atoms with van der Waals surface area (Å²) in [5.74, 6) is -0.429. The van der Waals surface area contributed by atoms with Gasteiger partial charge in [0.2, 0.25) is 0 Å². The topological polar surface area (TPSA) is 34.1 Å². The van der Waals surface area contributed by atoms with Gasteiger partial charge in [-0.25, -0.2) is 9.37 Å². The molecule has 2 rings (SSSR count). The zero-order chi connectivity index (χ0) is 13.8. The van der Waals surface area contributed by atoms with E-state index in [4.69, 9.17) is 27.9 Å². The van der Waals surface area contributed by atoms with E-state index in [0.717, 1.165) is 4.88 Å². The lowest BCUT2D eigenvalue weighted by Gasteiger charge is -2.11. The lowest BCUT2D eigenvalue weighted by molar-refractivity contribution is 0.322. The highest BCUT2D eigenvalue weighted by Gasteiger charge is 2.13. The molecule has 0 radical (unpaired) electrons. The first-order chi connectivity index (χ1) is 9.11. The van der Waals surface area contributed by atoms with Crippen LogP contribution >= 0.6 is 34.5 Å². The van der Waals surface area contributed by atoms with Crippen LogP contribution in [0.2, 0.25) is 9.49 Å². The Balaban J connectivity index is 2.14. The molecule has 0 atom stereocenters. The van der Waals surface area contributed by atoms with Crippen molar-refractivity contribution in [3.05, 3.63) is 38.5 Å². The molecule has 0 amide bonds. The van der Waals surface area contributed by atoms with Crippen molar-refractivity contribution in [2.75, 3.05) is 11.9 Å². The first kappa shape index (κ1) is 14.4. The molecule has 102 valence electrons. The molecule has 7 heteroatoms. The highest BCUT2D eigenvalue weighted by atomic mass is 35.5. The van der Waals surface area contributed by atoms with Gasteiger partial charge < -0.3 is 10.1 Å². The van der Waals surface area contributed by atoms with Crippen molar-refractivity contribution in [3.8, 4) is 5.75 Å². The maximum atomic E-state index is 14.1. The summed E-state index contributed by atoms with van der Waals surface area (Å²) >= 11 is 13.0. The van der Waals surface area contributed by atoms with Crippen LogP contribution in [0.1, 0.15) is 11.8 Å². The van der Waals surface area contributed by atoms with Gasteiger partial charge in [-0.1, -0.05) is 23.2 Å². The zero-order valence-corrected chi connectivity index (χ0v) is 12.4. The lowest BCUT2D eigenvalue weighted by Crippen LogP contribution is -2.03. The second-order valence-corrected chi connectivity index (χ2v) is 5.71. The first-order valence-corrected chi connectivity index (χ1v) is 7.14. The van der Waals surface area contributed by atoms with Gasteiger partial charge in [-0.05, 0) is 19.1 Å². The molecule has 0 saturated carbocycles. The van der Waals surface area contributed by atoms with Crippen LogP contribution in [0, 0.1) is 5.82 Å². The summed E-state index contributed by atoms with van der Waals surface area (Å²) in [6.07, 6.45) is 1.65. The number of aromatic nitrogens is 1. The minimum absolute atomic E-state index is 0.0662. The van der Waals surface area contributed by atoms with Gasteiger partial charge in [-0.3, -0.25) is 0 Å². The van der Waals surface area contributed by atoms with Gasteiger partial charge in [0, 0.05) is 11.1 Å². The molecule has 0 aliphatic heterocycles. The molecule has 0 bridgehead atoms. The van der Waals surface area contributed by atoms with Gasteiger partial charge >= 0.3 is 0 Å². The molecule has 1 heterocycles. The monoisotopic (exact) mass is 320 g/mol. The van der Waals surface area contributed by atoms with Crippen LogP contribution in [0.4, 0.5) is 10.1 Å². The second kappa shape index (κ2) is 6.41. The van der Waals surface area contributed by atoms with Crippen LogP contribution in [0.25, 0.3) is 0 Å². The van der Waals surface area contributed by atoms with Crippen LogP contribution in [0.3, 0.4) is 0 Å². The van der Waals surface area contributed by atoms with Crippen LogP contribution < -0.4 is 10.1 Å². The molecule has 0 aliphatic rings. The Labute approximate surface area is 124 Å². The molecule has 1 aromatic carbocycles. The third-order valence-corrected chi connectivity index (χ3v) is 3.73. The van der Waals surface area contributed by atoms with Crippen molar-refractivity contribution in [2.24, 2.45) is 0 Å². The fourth-order valence-electron chi connectivity index (χ4n) is 1.49. The number of thiazole rings is 1. The normalized spacial score (nSPS) is 10.5. The number of halogens is 3. The summed E-state index contributed by atoms with van der Waals surface area (Å²) in [6.45, 7) is 2.56. The molecular formula is C12H11Cl2FN2OS. The van der Waals surface area contributed by atoms with Crippen LogP contribution in [0.15, 0.2) is 18.3 Å². The van der Waals surface area contributed by atoms with Crippen molar-refractivity contribution < 1.29 is 9.13 Å². The molecule has 0 fully saturated rings. The number of benzene rings is 1. The maximum absolute atomic E-state index is 14.1. The number of nitrogens with zero attached hydrogens (tertiary/aromatic N) is 1. The quantitative estimate of drug-likeness (QED) is 0.874. The van der Waals surface area contributed by atoms with Crippen molar-refractivity contribution in [1.29, 1.82) is 0 Å². The summed E-state index contributed by atoms with van der Waals surface area (Å²) in [6, 6.07) is 3.17. The van der Waals surface area contributed by atoms with Gasteiger partial charge in [0.1, 0.15) is 0 Å². The van der Waals surface area contributed by atoms with Crippen LogP contribution in [0.5, 0.6) is 5.75 Å². The predicted octanol–water partition coefficient (Wildman–Crippen LogP) is 4.60. The fourth-order valence-corrected chi connectivity index (χ4v) is 2.61. The minimum Gasteiger partial charge on any atom is -0.489 e. The average molecular weight is 321 g/mol. The van der Waals surface area contributed by atoms with E-state index in [1.54, 1.807) is 25.3 Å². The second-order valence-electron chi connectivity index (χ2n) is 3.60.